The summed E-state index contributed by atoms with van der Waals surface area (Å²) in [6.07, 6.45) is -0.259. The molecule has 38 heavy (non-hydrogen) atoms. The molecule has 3 aromatic rings. The summed E-state index contributed by atoms with van der Waals surface area (Å²) in [4.78, 5) is 16.8. The Morgan fingerprint density at radius 3 is 2.50 bits per heavy atom. The molecule has 13 heteroatoms. The maximum Gasteiger partial charge on any atom is 0.309 e. The Hall–Kier alpha value is -2.62. The number of aliphatic hydroxyl groups is 1. The van der Waals surface area contributed by atoms with Crippen LogP contribution in [0.1, 0.15) is 35.5 Å². The van der Waals surface area contributed by atoms with Crippen molar-refractivity contribution < 1.29 is 31.5 Å². The van der Waals surface area contributed by atoms with Gasteiger partial charge in [0.05, 0.1) is 17.9 Å². The summed E-state index contributed by atoms with van der Waals surface area (Å²) in [6, 6.07) is 9.38. The molecule has 0 fully saturated rings. The molecule has 0 spiro atoms. The molecule has 1 aromatic heterocycles. The Morgan fingerprint density at radius 2 is 1.84 bits per heavy atom. The second-order valence-electron chi connectivity index (χ2n) is 9.21. The van der Waals surface area contributed by atoms with Gasteiger partial charge in [-0.05, 0) is 70.3 Å². The third-order valence-electron chi connectivity index (χ3n) is 5.26. The van der Waals surface area contributed by atoms with Crippen LogP contribution in [0.5, 0.6) is 0 Å². The van der Waals surface area contributed by atoms with Crippen molar-refractivity contribution in [2.75, 3.05) is 17.0 Å². The molecule has 3 rings (SSSR count). The number of nitrogens with one attached hydrogen (secondary N) is 3. The van der Waals surface area contributed by atoms with E-state index in [-0.39, 0.29) is 41.9 Å². The predicted octanol–water partition coefficient (Wildman–Crippen LogP) is 3.45. The molecule has 0 aliphatic heterocycles. The number of benzene rings is 2. The maximum atomic E-state index is 13.8. The van der Waals surface area contributed by atoms with Crippen molar-refractivity contribution >= 4 is 44.5 Å². The van der Waals surface area contributed by atoms with Crippen molar-refractivity contribution in [3.63, 3.8) is 0 Å². The Labute approximate surface area is 233 Å². The largest absolute Gasteiger partial charge is 0.431 e. The molecule has 2 aromatic carbocycles. The standard InChI is InChI=1S/C25H29F2IN4O5S/c1-15(2)14-38(35,36)32-25-31-22(13-37-25)24(34)30-21(9-17-6-18(26)10-19(27)7-17)23(33)12-29-11-16-4-3-5-20(28)8-16/h3-8,10,13,15,21,23,29,33H,9,11-12,14H2,1-2H3,(H,30,34)(H,31,32)/t21-,23-/m0/s1. The number of aromatic nitrogens is 1. The van der Waals surface area contributed by atoms with Gasteiger partial charge in [-0.1, -0.05) is 26.0 Å². The van der Waals surface area contributed by atoms with Gasteiger partial charge in [-0.25, -0.2) is 21.9 Å². The molecule has 9 nitrogen and oxygen atoms in total. The van der Waals surface area contributed by atoms with Crippen molar-refractivity contribution in [3.05, 3.63) is 80.8 Å². The molecule has 0 saturated heterocycles. The summed E-state index contributed by atoms with van der Waals surface area (Å²) in [6.45, 7) is 3.98. The van der Waals surface area contributed by atoms with E-state index in [4.69, 9.17) is 4.42 Å². The Bertz CT molecular complexity index is 1330. The average Bonchev–Trinajstić information content (AvgIpc) is 3.25. The van der Waals surface area contributed by atoms with Gasteiger partial charge in [-0.3, -0.25) is 4.79 Å². The number of nitrogens with zero attached hydrogens (tertiary/aromatic N) is 1. The lowest BCUT2D eigenvalue weighted by atomic mass is 10.0. The second kappa shape index (κ2) is 13.4. The molecule has 0 bridgehead atoms. The zero-order valence-electron chi connectivity index (χ0n) is 20.7. The minimum Gasteiger partial charge on any atom is -0.431 e. The van der Waals surface area contributed by atoms with Gasteiger partial charge in [-0.15, -0.1) is 0 Å². The molecular weight excluding hydrogens is 633 g/mol. The highest BCUT2D eigenvalue weighted by molar-refractivity contribution is 14.1. The van der Waals surface area contributed by atoms with Gasteiger partial charge in [0.15, 0.2) is 5.69 Å². The van der Waals surface area contributed by atoms with Gasteiger partial charge in [0.2, 0.25) is 10.0 Å². The first-order chi connectivity index (χ1) is 17.9. The number of hydrogen-bond donors (Lipinski definition) is 4. The number of rotatable bonds is 13. The van der Waals surface area contributed by atoms with Crippen LogP contribution in [0, 0.1) is 21.1 Å². The topological polar surface area (TPSA) is 134 Å². The normalized spacial score (nSPS) is 13.3. The zero-order chi connectivity index (χ0) is 27.9. The Balaban J connectivity index is 1.71. The van der Waals surface area contributed by atoms with Gasteiger partial charge < -0.3 is 20.2 Å². The van der Waals surface area contributed by atoms with E-state index in [1.165, 1.54) is 0 Å². The van der Waals surface area contributed by atoms with E-state index in [1.807, 2.05) is 24.3 Å². The van der Waals surface area contributed by atoms with Crippen LogP contribution in [-0.2, 0) is 23.0 Å². The van der Waals surface area contributed by atoms with E-state index >= 15 is 0 Å². The second-order valence-corrected chi connectivity index (χ2v) is 12.2. The minimum atomic E-state index is -3.73. The summed E-state index contributed by atoms with van der Waals surface area (Å²) in [5, 5.41) is 16.6. The van der Waals surface area contributed by atoms with Crippen LogP contribution in [0.3, 0.4) is 0 Å². The first-order valence-electron chi connectivity index (χ1n) is 11.8. The van der Waals surface area contributed by atoms with E-state index in [2.05, 4.69) is 42.9 Å². The molecule has 4 N–H and O–H groups in total. The Kier molecular flexibility index (Phi) is 10.6. The lowest BCUT2D eigenvalue weighted by Gasteiger charge is -2.24. The van der Waals surface area contributed by atoms with Crippen LogP contribution >= 0.6 is 22.6 Å². The van der Waals surface area contributed by atoms with Crippen LogP contribution < -0.4 is 15.4 Å². The highest BCUT2D eigenvalue weighted by atomic mass is 127. The lowest BCUT2D eigenvalue weighted by Crippen LogP contribution is -2.48. The smallest absolute Gasteiger partial charge is 0.309 e. The average molecular weight is 662 g/mol. The van der Waals surface area contributed by atoms with Crippen molar-refractivity contribution in [1.82, 2.24) is 15.6 Å². The number of sulfonamides is 1. The lowest BCUT2D eigenvalue weighted by molar-refractivity contribution is 0.0825. The quantitative estimate of drug-likeness (QED) is 0.206. The Morgan fingerprint density at radius 1 is 1.13 bits per heavy atom. The summed E-state index contributed by atoms with van der Waals surface area (Å²) in [5.41, 5.74) is 0.986. The molecule has 206 valence electrons. The molecule has 2 atom stereocenters. The molecule has 0 radical (unpaired) electrons. The summed E-state index contributed by atoms with van der Waals surface area (Å²) >= 11 is 2.19. The highest BCUT2D eigenvalue weighted by Crippen LogP contribution is 2.15. The van der Waals surface area contributed by atoms with Crippen LogP contribution in [0.25, 0.3) is 0 Å². The van der Waals surface area contributed by atoms with Gasteiger partial charge in [-0.2, -0.15) is 4.98 Å². The minimum absolute atomic E-state index is 0.0628. The zero-order valence-corrected chi connectivity index (χ0v) is 23.7. The SMILES string of the molecule is CC(C)CS(=O)(=O)Nc1nc(C(=O)N[C@@H](Cc2cc(F)cc(F)c2)[C@@H](O)CNCc2cccc(I)c2)co1. The van der Waals surface area contributed by atoms with Crippen LogP contribution in [0.4, 0.5) is 14.8 Å². The van der Waals surface area contributed by atoms with E-state index < -0.39 is 39.7 Å². The van der Waals surface area contributed by atoms with Gasteiger partial charge in [0.25, 0.3) is 5.91 Å². The molecule has 0 aliphatic carbocycles. The third-order valence-corrected chi connectivity index (χ3v) is 7.53. The first-order valence-corrected chi connectivity index (χ1v) is 14.5. The number of amides is 1. The van der Waals surface area contributed by atoms with Crippen LogP contribution in [0.15, 0.2) is 53.1 Å². The summed E-state index contributed by atoms with van der Waals surface area (Å²) in [5.74, 6) is -2.64. The van der Waals surface area contributed by atoms with Gasteiger partial charge in [0.1, 0.15) is 17.9 Å². The number of carbonyl (C=O) groups excluding carboxylic acids is 1. The van der Waals surface area contributed by atoms with Gasteiger partial charge in [0, 0.05) is 22.7 Å². The van der Waals surface area contributed by atoms with Crippen LogP contribution in [-0.4, -0.2) is 48.9 Å². The first kappa shape index (κ1) is 29.9. The van der Waals surface area contributed by atoms with E-state index in [0.717, 1.165) is 33.6 Å². The molecule has 1 heterocycles. The van der Waals surface area contributed by atoms with E-state index in [0.29, 0.717) is 6.54 Å². The molecular formula is C25H29F2IN4O5S. The fourth-order valence-electron chi connectivity index (χ4n) is 3.70. The number of anilines is 1. The van der Waals surface area contributed by atoms with Crippen LogP contribution in [0.2, 0.25) is 0 Å². The molecule has 0 unspecified atom stereocenters. The van der Waals surface area contributed by atoms with Crippen molar-refractivity contribution in [2.24, 2.45) is 5.92 Å². The number of hydrogen-bond acceptors (Lipinski definition) is 7. The molecule has 0 saturated carbocycles. The van der Waals surface area contributed by atoms with E-state index in [1.54, 1.807) is 13.8 Å². The van der Waals surface area contributed by atoms with Crippen molar-refractivity contribution in [1.29, 1.82) is 0 Å². The summed E-state index contributed by atoms with van der Waals surface area (Å²) in [7, 11) is -3.73. The fraction of sp³-hybridized carbons (Fsp3) is 0.360. The monoisotopic (exact) mass is 662 g/mol. The summed E-state index contributed by atoms with van der Waals surface area (Å²) < 4.78 is 60.1. The number of halogens is 3. The van der Waals surface area contributed by atoms with Crippen molar-refractivity contribution in [2.45, 2.75) is 39.0 Å². The number of oxazole rings is 1. The molecule has 1 amide bonds. The third kappa shape index (κ3) is 9.60. The maximum absolute atomic E-state index is 13.8. The highest BCUT2D eigenvalue weighted by Gasteiger charge is 2.25. The van der Waals surface area contributed by atoms with Gasteiger partial charge >= 0.3 is 6.01 Å². The molecule has 0 aliphatic rings. The number of carbonyl (C=O) groups is 1. The fourth-order valence-corrected chi connectivity index (χ4v) is 5.63. The predicted molar refractivity (Wildman–Crippen MR) is 147 cm³/mol. The van der Waals surface area contributed by atoms with E-state index in [9.17, 15) is 27.1 Å². The van der Waals surface area contributed by atoms with Crippen molar-refractivity contribution in [3.8, 4) is 0 Å². The number of aliphatic hydroxyl groups excluding tert-OH is 1.